The van der Waals surface area contributed by atoms with Crippen LogP contribution < -0.4 is 11.1 Å². The van der Waals surface area contributed by atoms with Crippen molar-refractivity contribution in [3.63, 3.8) is 0 Å². The molecule has 0 atom stereocenters. The molecule has 4 nitrogen and oxygen atoms in total. The van der Waals surface area contributed by atoms with Crippen LogP contribution in [0.1, 0.15) is 51.6 Å². The van der Waals surface area contributed by atoms with Gasteiger partial charge in [-0.3, -0.25) is 0 Å². The summed E-state index contributed by atoms with van der Waals surface area (Å²) in [6.45, 7) is 13.1. The normalized spacial score (nSPS) is 12.3. The van der Waals surface area contributed by atoms with Gasteiger partial charge in [-0.05, 0) is 30.7 Å². The van der Waals surface area contributed by atoms with Crippen molar-refractivity contribution in [2.75, 3.05) is 17.6 Å². The van der Waals surface area contributed by atoms with E-state index < -0.39 is 0 Å². The topological polar surface area (TPSA) is 63.8 Å². The molecule has 0 unspecified atom stereocenters. The van der Waals surface area contributed by atoms with Crippen molar-refractivity contribution in [3.8, 4) is 0 Å². The first kappa shape index (κ1) is 19.8. The highest BCUT2D eigenvalue weighted by molar-refractivity contribution is 6.32. The van der Waals surface area contributed by atoms with Gasteiger partial charge in [0.15, 0.2) is 0 Å². The van der Waals surface area contributed by atoms with E-state index >= 15 is 0 Å². The lowest BCUT2D eigenvalue weighted by Gasteiger charge is -2.27. The Balaban J connectivity index is 2.29. The van der Waals surface area contributed by atoms with Crippen molar-refractivity contribution in [1.29, 1.82) is 0 Å². The van der Waals surface area contributed by atoms with Gasteiger partial charge in [0.2, 0.25) is 0 Å². The molecule has 0 aromatic carbocycles. The second-order valence-corrected chi connectivity index (χ2v) is 8.83. The van der Waals surface area contributed by atoms with E-state index in [0.717, 1.165) is 27.8 Å². The van der Waals surface area contributed by atoms with Crippen molar-refractivity contribution >= 4 is 34.8 Å². The molecule has 0 aliphatic carbocycles. The van der Waals surface area contributed by atoms with Gasteiger partial charge in [-0.25, -0.2) is 9.97 Å². The summed E-state index contributed by atoms with van der Waals surface area (Å²) in [6, 6.07) is 5.44. The van der Waals surface area contributed by atoms with Crippen LogP contribution in [0.25, 0.3) is 0 Å². The van der Waals surface area contributed by atoms with Crippen molar-refractivity contribution in [1.82, 2.24) is 9.97 Å². The Kier molecular flexibility index (Phi) is 5.55. The van der Waals surface area contributed by atoms with Crippen LogP contribution in [0.5, 0.6) is 0 Å². The number of hydrogen-bond donors (Lipinski definition) is 2. The maximum Gasteiger partial charge on any atom is 0.126 e. The highest BCUT2D eigenvalue weighted by Crippen LogP contribution is 2.33. The number of aryl methyl sites for hydroxylation is 1. The Bertz CT molecular complexity index is 780. The smallest absolute Gasteiger partial charge is 0.126 e. The van der Waals surface area contributed by atoms with E-state index in [1.807, 2.05) is 13.0 Å². The zero-order valence-electron chi connectivity index (χ0n) is 15.7. The zero-order valence-corrected chi connectivity index (χ0v) is 17.2. The van der Waals surface area contributed by atoms with Crippen LogP contribution in [-0.4, -0.2) is 16.5 Å². The van der Waals surface area contributed by atoms with E-state index in [4.69, 9.17) is 33.9 Å². The molecule has 0 aliphatic heterocycles. The molecule has 2 aromatic heterocycles. The molecule has 0 saturated carbocycles. The van der Waals surface area contributed by atoms with E-state index in [1.54, 1.807) is 12.1 Å². The predicted octanol–water partition coefficient (Wildman–Crippen LogP) is 5.36. The lowest BCUT2D eigenvalue weighted by Crippen LogP contribution is -2.30. The second kappa shape index (κ2) is 7.00. The van der Waals surface area contributed by atoms with E-state index in [2.05, 4.69) is 44.9 Å². The van der Waals surface area contributed by atoms with E-state index in [9.17, 15) is 0 Å². The summed E-state index contributed by atoms with van der Waals surface area (Å²) < 4.78 is 0. The minimum Gasteiger partial charge on any atom is -0.384 e. The molecule has 2 aromatic rings. The number of hydrogen-bond acceptors (Lipinski definition) is 4. The van der Waals surface area contributed by atoms with Gasteiger partial charge < -0.3 is 11.1 Å². The highest BCUT2D eigenvalue weighted by atomic mass is 35.5. The summed E-state index contributed by atoms with van der Waals surface area (Å²) in [5.41, 5.74) is 8.02. The van der Waals surface area contributed by atoms with Gasteiger partial charge in [0.05, 0.1) is 21.4 Å². The standard InChI is InChI=1S/C19H26Cl2N4/c1-11-9-14(25-17(15(11)21)18(2,3)4)23-10-19(5,6)16-12(20)7-8-13(22)24-16/h7-9H,10H2,1-6H3,(H2,22,24)(H,23,25). The Hall–Kier alpha value is -1.52. The number of nitrogens with zero attached hydrogens (tertiary/aromatic N) is 2. The van der Waals surface area contributed by atoms with Crippen molar-refractivity contribution in [2.45, 2.75) is 52.4 Å². The van der Waals surface area contributed by atoms with Gasteiger partial charge in [0, 0.05) is 17.4 Å². The average molecular weight is 381 g/mol. The molecule has 0 bridgehead atoms. The Morgan fingerprint density at radius 2 is 1.68 bits per heavy atom. The first-order chi connectivity index (χ1) is 11.4. The lowest BCUT2D eigenvalue weighted by atomic mass is 9.88. The summed E-state index contributed by atoms with van der Waals surface area (Å²) >= 11 is 12.8. The van der Waals surface area contributed by atoms with Crippen LogP contribution in [0, 0.1) is 6.92 Å². The van der Waals surface area contributed by atoms with Crippen LogP contribution in [0.4, 0.5) is 11.6 Å². The molecule has 136 valence electrons. The number of nitrogens with two attached hydrogens (primary N) is 1. The highest BCUT2D eigenvalue weighted by Gasteiger charge is 2.26. The minimum atomic E-state index is -0.316. The molecule has 0 aliphatic rings. The van der Waals surface area contributed by atoms with Crippen LogP contribution in [0.3, 0.4) is 0 Å². The van der Waals surface area contributed by atoms with Gasteiger partial charge in [-0.2, -0.15) is 0 Å². The van der Waals surface area contributed by atoms with E-state index in [-0.39, 0.29) is 10.8 Å². The third-order valence-electron chi connectivity index (χ3n) is 4.07. The largest absolute Gasteiger partial charge is 0.384 e. The van der Waals surface area contributed by atoms with Gasteiger partial charge in [-0.1, -0.05) is 57.8 Å². The van der Waals surface area contributed by atoms with Crippen LogP contribution in [-0.2, 0) is 10.8 Å². The SMILES string of the molecule is Cc1cc(NCC(C)(C)c2nc(N)ccc2Cl)nc(C(C)(C)C)c1Cl. The Labute approximate surface area is 160 Å². The summed E-state index contributed by atoms with van der Waals surface area (Å²) in [4.78, 5) is 9.13. The summed E-state index contributed by atoms with van der Waals surface area (Å²) in [5, 5.41) is 4.73. The predicted molar refractivity (Wildman–Crippen MR) is 108 cm³/mol. The lowest BCUT2D eigenvalue weighted by molar-refractivity contribution is 0.537. The fourth-order valence-electron chi connectivity index (χ4n) is 2.57. The second-order valence-electron chi connectivity index (χ2n) is 8.04. The maximum absolute atomic E-state index is 6.44. The number of halogens is 2. The third kappa shape index (κ3) is 4.56. The molecule has 3 N–H and O–H groups in total. The molecule has 0 amide bonds. The Morgan fingerprint density at radius 3 is 2.28 bits per heavy atom. The first-order valence-electron chi connectivity index (χ1n) is 8.26. The average Bonchev–Trinajstić information content (AvgIpc) is 2.49. The fourth-order valence-corrected chi connectivity index (χ4v) is 3.31. The number of anilines is 2. The first-order valence-corrected chi connectivity index (χ1v) is 9.01. The van der Waals surface area contributed by atoms with E-state index in [0.29, 0.717) is 17.4 Å². The quantitative estimate of drug-likeness (QED) is 0.748. The molecule has 0 spiro atoms. The number of pyridine rings is 2. The molecule has 0 fully saturated rings. The van der Waals surface area contributed by atoms with Crippen molar-refractivity contribution in [2.24, 2.45) is 0 Å². The minimum absolute atomic E-state index is 0.131. The molecule has 2 heterocycles. The number of nitrogen functional groups attached to an aromatic ring is 1. The molecule has 0 saturated heterocycles. The van der Waals surface area contributed by atoms with Gasteiger partial charge in [0.25, 0.3) is 0 Å². The fraction of sp³-hybridized carbons (Fsp3) is 0.474. The summed E-state index contributed by atoms with van der Waals surface area (Å²) in [6.07, 6.45) is 0. The number of rotatable bonds is 4. The molecule has 25 heavy (non-hydrogen) atoms. The van der Waals surface area contributed by atoms with Gasteiger partial charge >= 0.3 is 0 Å². The van der Waals surface area contributed by atoms with Crippen LogP contribution in [0.2, 0.25) is 10.0 Å². The Morgan fingerprint density at radius 1 is 1.04 bits per heavy atom. The zero-order chi connectivity index (χ0) is 19.0. The molecule has 6 heteroatoms. The maximum atomic E-state index is 6.44. The number of nitrogens with one attached hydrogen (secondary N) is 1. The molecule has 0 radical (unpaired) electrons. The summed E-state index contributed by atoms with van der Waals surface area (Å²) in [5.74, 6) is 1.25. The molecular weight excluding hydrogens is 355 g/mol. The molecular formula is C19H26Cl2N4. The van der Waals surface area contributed by atoms with E-state index in [1.165, 1.54) is 0 Å². The van der Waals surface area contributed by atoms with Crippen molar-refractivity contribution < 1.29 is 0 Å². The van der Waals surface area contributed by atoms with Crippen LogP contribution in [0.15, 0.2) is 18.2 Å². The summed E-state index contributed by atoms with van der Waals surface area (Å²) in [7, 11) is 0. The molecule has 2 rings (SSSR count). The van der Waals surface area contributed by atoms with Gasteiger partial charge in [-0.15, -0.1) is 0 Å². The van der Waals surface area contributed by atoms with Crippen molar-refractivity contribution in [3.05, 3.63) is 45.2 Å². The monoisotopic (exact) mass is 380 g/mol. The third-order valence-corrected chi connectivity index (χ3v) is 4.85. The van der Waals surface area contributed by atoms with Gasteiger partial charge in [0.1, 0.15) is 11.6 Å². The number of aromatic nitrogens is 2. The van der Waals surface area contributed by atoms with Crippen LogP contribution >= 0.6 is 23.2 Å².